The van der Waals surface area contributed by atoms with E-state index in [0.29, 0.717) is 18.9 Å². The Hall–Kier alpha value is -2.25. The summed E-state index contributed by atoms with van der Waals surface area (Å²) in [6, 6.07) is -0.267. The number of rotatable bonds is 7. The zero-order valence-electron chi connectivity index (χ0n) is 10.3. The molecule has 1 rings (SSSR count). The van der Waals surface area contributed by atoms with E-state index < -0.39 is 28.4 Å². The zero-order valence-corrected chi connectivity index (χ0v) is 10.3. The minimum Gasteiger partial charge on any atom is -0.480 e. The second-order valence-electron chi connectivity index (χ2n) is 3.96. The summed E-state index contributed by atoms with van der Waals surface area (Å²) in [7, 11) is 0. The van der Waals surface area contributed by atoms with Crippen LogP contribution in [-0.4, -0.2) is 27.0 Å². The third-order valence-electron chi connectivity index (χ3n) is 2.49. The summed E-state index contributed by atoms with van der Waals surface area (Å²) in [6.45, 7) is 1.91. The summed E-state index contributed by atoms with van der Waals surface area (Å²) in [6.07, 6.45) is 2.67. The van der Waals surface area contributed by atoms with Gasteiger partial charge in [0.15, 0.2) is 11.6 Å². The number of aliphatic carboxylic acids is 1. The number of halogens is 1. The second kappa shape index (κ2) is 6.62. The van der Waals surface area contributed by atoms with Gasteiger partial charge in [-0.25, -0.2) is 14.2 Å². The summed E-state index contributed by atoms with van der Waals surface area (Å²) in [5, 5.41) is 21.8. The third-order valence-corrected chi connectivity index (χ3v) is 2.49. The molecule has 7 nitrogen and oxygen atoms in total. The Morgan fingerprint density at radius 1 is 1.68 bits per heavy atom. The van der Waals surface area contributed by atoms with Gasteiger partial charge in [0.1, 0.15) is 12.2 Å². The van der Waals surface area contributed by atoms with Gasteiger partial charge in [-0.15, -0.1) is 0 Å². The van der Waals surface area contributed by atoms with Gasteiger partial charge in [-0.2, -0.15) is 0 Å². The van der Waals surface area contributed by atoms with Gasteiger partial charge in [-0.3, -0.25) is 10.1 Å². The standard InChI is InChI=1S/C11H14FN3O4/c1-2-3-4-9(11(16)17)14-10-8(12)5-7(6-13-10)15(18)19/h5-6,9H,2-4H2,1H3,(H,13,14)(H,16,17). The Bertz CT molecular complexity index is 481. The highest BCUT2D eigenvalue weighted by atomic mass is 19.1. The highest BCUT2D eigenvalue weighted by Crippen LogP contribution is 2.18. The lowest BCUT2D eigenvalue weighted by Crippen LogP contribution is -2.30. The largest absolute Gasteiger partial charge is 0.480 e. The van der Waals surface area contributed by atoms with Crippen LogP contribution in [0.25, 0.3) is 0 Å². The maximum absolute atomic E-state index is 13.5. The average Bonchev–Trinajstić information content (AvgIpc) is 2.35. The van der Waals surface area contributed by atoms with Gasteiger partial charge in [0, 0.05) is 0 Å². The normalized spacial score (nSPS) is 11.9. The number of carboxylic acids is 1. The molecule has 0 saturated carbocycles. The van der Waals surface area contributed by atoms with Crippen LogP contribution in [-0.2, 0) is 4.79 Å². The lowest BCUT2D eigenvalue weighted by atomic mass is 10.1. The lowest BCUT2D eigenvalue weighted by molar-refractivity contribution is -0.385. The summed E-state index contributed by atoms with van der Waals surface area (Å²) in [5.74, 6) is -2.36. The molecule has 0 radical (unpaired) electrons. The van der Waals surface area contributed by atoms with Crippen LogP contribution in [0.2, 0.25) is 0 Å². The quantitative estimate of drug-likeness (QED) is 0.581. The Balaban J connectivity index is 2.84. The van der Waals surface area contributed by atoms with Crippen LogP contribution in [0.15, 0.2) is 12.3 Å². The number of pyridine rings is 1. The van der Waals surface area contributed by atoms with Gasteiger partial charge < -0.3 is 10.4 Å². The molecule has 0 fully saturated rings. The van der Waals surface area contributed by atoms with E-state index in [1.54, 1.807) is 0 Å². The van der Waals surface area contributed by atoms with Crippen LogP contribution in [0.4, 0.5) is 15.9 Å². The fourth-order valence-electron chi connectivity index (χ4n) is 1.46. The maximum Gasteiger partial charge on any atom is 0.326 e. The molecule has 1 unspecified atom stereocenters. The summed E-state index contributed by atoms with van der Waals surface area (Å²) < 4.78 is 13.5. The molecule has 0 aliphatic carbocycles. The summed E-state index contributed by atoms with van der Waals surface area (Å²) in [4.78, 5) is 24.2. The number of hydrogen-bond acceptors (Lipinski definition) is 5. The van der Waals surface area contributed by atoms with E-state index in [9.17, 15) is 19.3 Å². The van der Waals surface area contributed by atoms with E-state index in [4.69, 9.17) is 5.11 Å². The molecule has 0 amide bonds. The van der Waals surface area contributed by atoms with Crippen LogP contribution >= 0.6 is 0 Å². The smallest absolute Gasteiger partial charge is 0.326 e. The summed E-state index contributed by atoms with van der Waals surface area (Å²) >= 11 is 0. The van der Waals surface area contributed by atoms with Gasteiger partial charge in [-0.1, -0.05) is 19.8 Å². The number of unbranched alkanes of at least 4 members (excludes halogenated alkanes) is 1. The van der Waals surface area contributed by atoms with Gasteiger partial charge in [0.2, 0.25) is 0 Å². The van der Waals surface area contributed by atoms with Crippen LogP contribution in [0, 0.1) is 15.9 Å². The highest BCUT2D eigenvalue weighted by molar-refractivity contribution is 5.76. The third kappa shape index (κ3) is 4.16. The average molecular weight is 271 g/mol. The fourth-order valence-corrected chi connectivity index (χ4v) is 1.46. The minimum absolute atomic E-state index is 0.297. The molecule has 1 aromatic heterocycles. The van der Waals surface area contributed by atoms with Gasteiger partial charge in [-0.05, 0) is 6.42 Å². The fraction of sp³-hybridized carbons (Fsp3) is 0.455. The molecular weight excluding hydrogens is 257 g/mol. The van der Waals surface area contributed by atoms with E-state index in [2.05, 4.69) is 10.3 Å². The summed E-state index contributed by atoms with van der Waals surface area (Å²) in [5.41, 5.74) is -0.483. The van der Waals surface area contributed by atoms with E-state index in [-0.39, 0.29) is 5.82 Å². The van der Waals surface area contributed by atoms with E-state index in [1.807, 2.05) is 6.92 Å². The number of nitrogens with zero attached hydrogens (tertiary/aromatic N) is 2. The molecule has 0 aliphatic heterocycles. The Labute approximate surface area is 108 Å². The maximum atomic E-state index is 13.5. The Morgan fingerprint density at radius 3 is 2.84 bits per heavy atom. The SMILES string of the molecule is CCCCC(Nc1ncc([N+](=O)[O-])cc1F)C(=O)O. The second-order valence-corrected chi connectivity index (χ2v) is 3.96. The number of anilines is 1. The number of nitro groups is 1. The predicted molar refractivity (Wildman–Crippen MR) is 65.4 cm³/mol. The van der Waals surface area contributed by atoms with Crippen molar-refractivity contribution < 1.29 is 19.2 Å². The van der Waals surface area contributed by atoms with Crippen LogP contribution in [0.5, 0.6) is 0 Å². The van der Waals surface area contributed by atoms with Crippen molar-refractivity contribution in [2.24, 2.45) is 0 Å². The molecule has 0 saturated heterocycles. The van der Waals surface area contributed by atoms with Crippen molar-refractivity contribution in [2.45, 2.75) is 32.2 Å². The molecule has 1 atom stereocenters. The molecule has 104 valence electrons. The van der Waals surface area contributed by atoms with Crippen molar-refractivity contribution >= 4 is 17.5 Å². The van der Waals surface area contributed by atoms with Crippen LogP contribution < -0.4 is 5.32 Å². The van der Waals surface area contributed by atoms with Crippen molar-refractivity contribution in [3.8, 4) is 0 Å². The van der Waals surface area contributed by atoms with Crippen molar-refractivity contribution in [3.63, 3.8) is 0 Å². The van der Waals surface area contributed by atoms with E-state index in [1.165, 1.54) is 0 Å². The predicted octanol–water partition coefficient (Wildman–Crippen LogP) is 2.18. The first kappa shape index (κ1) is 14.8. The molecule has 1 aromatic rings. The minimum atomic E-state index is -1.12. The van der Waals surface area contributed by atoms with Gasteiger partial charge in [0.05, 0.1) is 11.0 Å². The number of carboxylic acid groups (broad SMARTS) is 1. The Morgan fingerprint density at radius 2 is 2.37 bits per heavy atom. The molecule has 19 heavy (non-hydrogen) atoms. The molecule has 0 aliphatic rings. The molecule has 8 heteroatoms. The number of nitrogens with one attached hydrogen (secondary N) is 1. The van der Waals surface area contributed by atoms with Crippen LogP contribution in [0.3, 0.4) is 0 Å². The van der Waals surface area contributed by atoms with Crippen molar-refractivity contribution in [3.05, 3.63) is 28.2 Å². The Kier molecular flexibility index (Phi) is 5.16. The first-order chi connectivity index (χ1) is 8.95. The molecule has 1 heterocycles. The highest BCUT2D eigenvalue weighted by Gasteiger charge is 2.20. The van der Waals surface area contributed by atoms with E-state index in [0.717, 1.165) is 12.6 Å². The first-order valence-corrected chi connectivity index (χ1v) is 5.75. The van der Waals surface area contributed by atoms with Gasteiger partial charge in [0.25, 0.3) is 5.69 Å². The zero-order chi connectivity index (χ0) is 14.4. The monoisotopic (exact) mass is 271 g/mol. The molecule has 0 spiro atoms. The lowest BCUT2D eigenvalue weighted by Gasteiger charge is -2.14. The number of hydrogen-bond donors (Lipinski definition) is 2. The van der Waals surface area contributed by atoms with Gasteiger partial charge >= 0.3 is 5.97 Å². The number of carbonyl (C=O) groups is 1. The van der Waals surface area contributed by atoms with Crippen molar-refractivity contribution in [1.29, 1.82) is 0 Å². The molecule has 0 bridgehead atoms. The van der Waals surface area contributed by atoms with E-state index >= 15 is 0 Å². The van der Waals surface area contributed by atoms with Crippen molar-refractivity contribution in [1.82, 2.24) is 4.98 Å². The molecular formula is C11H14FN3O4. The van der Waals surface area contributed by atoms with Crippen LogP contribution in [0.1, 0.15) is 26.2 Å². The first-order valence-electron chi connectivity index (χ1n) is 5.75. The topological polar surface area (TPSA) is 105 Å². The molecule has 2 N–H and O–H groups in total. The van der Waals surface area contributed by atoms with Crippen molar-refractivity contribution in [2.75, 3.05) is 5.32 Å². The number of aromatic nitrogens is 1. The molecule has 0 aromatic carbocycles.